The average Bonchev–Trinajstić information content (AvgIpc) is 2.72. The number of hydrogen-bond acceptors (Lipinski definition) is 6. The fraction of sp³-hybridized carbons (Fsp3) is 0.391. The minimum Gasteiger partial charge on any atom is -0.480 e. The summed E-state index contributed by atoms with van der Waals surface area (Å²) in [5.74, 6) is -6.07. The Morgan fingerprint density at radius 1 is 1.10 bits per heavy atom. The standard InChI is InChI=1S/C23H28N2O5/c1-5-15(2)30-23(29)20(22(27)28)21(26)18(19-8-6-7-13-24-19)14-16-9-11-17(12-10-16)25(3)4/h6-13,15,18,20H,5,14H2,1-4H3,(H,27,28). The number of esters is 1. The Kier molecular flexibility index (Phi) is 8.09. The highest BCUT2D eigenvalue weighted by Crippen LogP contribution is 2.26. The van der Waals surface area contributed by atoms with E-state index in [4.69, 9.17) is 4.74 Å². The Balaban J connectivity index is 2.36. The molecule has 0 bridgehead atoms. The number of ether oxygens (including phenoxy) is 1. The van der Waals surface area contributed by atoms with E-state index >= 15 is 0 Å². The van der Waals surface area contributed by atoms with Gasteiger partial charge >= 0.3 is 11.9 Å². The Morgan fingerprint density at radius 2 is 1.77 bits per heavy atom. The molecular formula is C23H28N2O5. The number of carbonyl (C=O) groups is 3. The van der Waals surface area contributed by atoms with Gasteiger partial charge in [0, 0.05) is 26.0 Å². The van der Waals surface area contributed by atoms with Crippen molar-refractivity contribution < 1.29 is 24.2 Å². The molecule has 0 amide bonds. The van der Waals surface area contributed by atoms with Gasteiger partial charge in [0.15, 0.2) is 5.78 Å². The Morgan fingerprint density at radius 3 is 2.27 bits per heavy atom. The van der Waals surface area contributed by atoms with E-state index in [1.54, 1.807) is 25.1 Å². The molecule has 2 rings (SSSR count). The predicted octanol–water partition coefficient (Wildman–Crippen LogP) is 3.09. The second-order valence-electron chi connectivity index (χ2n) is 7.40. The van der Waals surface area contributed by atoms with Crippen molar-refractivity contribution in [3.05, 3.63) is 59.9 Å². The van der Waals surface area contributed by atoms with Gasteiger partial charge in [-0.15, -0.1) is 0 Å². The monoisotopic (exact) mass is 412 g/mol. The molecule has 2 aromatic rings. The molecule has 1 heterocycles. The first-order valence-corrected chi connectivity index (χ1v) is 9.88. The maximum absolute atomic E-state index is 13.2. The molecule has 7 heteroatoms. The summed E-state index contributed by atoms with van der Waals surface area (Å²) in [5.41, 5.74) is 2.26. The van der Waals surface area contributed by atoms with Gasteiger partial charge in [0.2, 0.25) is 5.92 Å². The largest absolute Gasteiger partial charge is 0.480 e. The lowest BCUT2D eigenvalue weighted by Crippen LogP contribution is -2.38. The molecular weight excluding hydrogens is 384 g/mol. The molecule has 0 saturated heterocycles. The summed E-state index contributed by atoms with van der Waals surface area (Å²) in [6, 6.07) is 12.7. The van der Waals surface area contributed by atoms with Gasteiger partial charge < -0.3 is 14.7 Å². The topological polar surface area (TPSA) is 96.8 Å². The molecule has 30 heavy (non-hydrogen) atoms. The van der Waals surface area contributed by atoms with Crippen LogP contribution in [0.2, 0.25) is 0 Å². The van der Waals surface area contributed by atoms with E-state index < -0.39 is 35.7 Å². The molecule has 1 N–H and O–H groups in total. The zero-order valence-electron chi connectivity index (χ0n) is 17.7. The van der Waals surface area contributed by atoms with Crippen molar-refractivity contribution in [2.45, 2.75) is 38.7 Å². The molecule has 0 radical (unpaired) electrons. The summed E-state index contributed by atoms with van der Waals surface area (Å²) >= 11 is 0. The molecule has 3 atom stereocenters. The molecule has 1 aromatic heterocycles. The lowest BCUT2D eigenvalue weighted by Gasteiger charge is -2.21. The van der Waals surface area contributed by atoms with Crippen molar-refractivity contribution in [1.82, 2.24) is 4.98 Å². The lowest BCUT2D eigenvalue weighted by atomic mass is 9.85. The minimum atomic E-state index is -1.90. The molecule has 0 aliphatic heterocycles. The summed E-state index contributed by atoms with van der Waals surface area (Å²) in [5, 5.41) is 9.61. The Hall–Kier alpha value is -3.22. The highest BCUT2D eigenvalue weighted by Gasteiger charge is 2.41. The number of carboxylic acids is 1. The molecule has 1 aromatic carbocycles. The first-order chi connectivity index (χ1) is 14.2. The number of aliphatic carboxylic acids is 1. The maximum atomic E-state index is 13.2. The second-order valence-corrected chi connectivity index (χ2v) is 7.40. The van der Waals surface area contributed by atoms with E-state index in [0.717, 1.165) is 11.3 Å². The summed E-state index contributed by atoms with van der Waals surface area (Å²) < 4.78 is 5.16. The molecule has 0 fully saturated rings. The van der Waals surface area contributed by atoms with Gasteiger partial charge in [-0.2, -0.15) is 0 Å². The molecule has 0 saturated carbocycles. The predicted molar refractivity (Wildman–Crippen MR) is 113 cm³/mol. The third-order valence-electron chi connectivity index (χ3n) is 4.94. The minimum absolute atomic E-state index is 0.226. The van der Waals surface area contributed by atoms with E-state index in [1.807, 2.05) is 50.2 Å². The third kappa shape index (κ3) is 5.89. The quantitative estimate of drug-likeness (QED) is 0.473. The lowest BCUT2D eigenvalue weighted by molar-refractivity contribution is -0.164. The number of Topliss-reactive ketones (excluding diaryl/α,β-unsaturated/α-hetero) is 1. The highest BCUT2D eigenvalue weighted by molar-refractivity contribution is 6.16. The van der Waals surface area contributed by atoms with Crippen LogP contribution in [0.1, 0.15) is 37.4 Å². The number of pyridine rings is 1. The van der Waals surface area contributed by atoms with E-state index in [-0.39, 0.29) is 6.42 Å². The normalized spacial score (nSPS) is 13.7. The van der Waals surface area contributed by atoms with Gasteiger partial charge in [-0.3, -0.25) is 19.4 Å². The van der Waals surface area contributed by atoms with Gasteiger partial charge in [-0.05, 0) is 49.6 Å². The van der Waals surface area contributed by atoms with Gasteiger partial charge in [-0.25, -0.2) is 0 Å². The van der Waals surface area contributed by atoms with Crippen LogP contribution in [0.25, 0.3) is 0 Å². The number of ketones is 1. The fourth-order valence-corrected chi connectivity index (χ4v) is 2.99. The Bertz CT molecular complexity index is 865. The number of carboxylic acid groups (broad SMARTS) is 1. The average molecular weight is 412 g/mol. The SMILES string of the molecule is CCC(C)OC(=O)C(C(=O)O)C(=O)C(Cc1ccc(N(C)C)cc1)c1ccccn1. The van der Waals surface area contributed by atoms with E-state index in [2.05, 4.69) is 4.98 Å². The number of nitrogens with zero attached hydrogens (tertiary/aromatic N) is 2. The van der Waals surface area contributed by atoms with Gasteiger partial charge in [0.1, 0.15) is 0 Å². The zero-order valence-corrected chi connectivity index (χ0v) is 17.7. The van der Waals surface area contributed by atoms with Crippen LogP contribution in [0.4, 0.5) is 5.69 Å². The summed E-state index contributed by atoms with van der Waals surface area (Å²) in [7, 11) is 3.85. The Labute approximate surface area is 176 Å². The number of anilines is 1. The smallest absolute Gasteiger partial charge is 0.328 e. The van der Waals surface area contributed by atoms with Crippen molar-refractivity contribution >= 4 is 23.4 Å². The van der Waals surface area contributed by atoms with Crippen molar-refractivity contribution in [3.8, 4) is 0 Å². The van der Waals surface area contributed by atoms with Crippen molar-refractivity contribution in [3.63, 3.8) is 0 Å². The van der Waals surface area contributed by atoms with Gasteiger partial charge in [0.25, 0.3) is 0 Å². The number of hydrogen-bond donors (Lipinski definition) is 1. The third-order valence-corrected chi connectivity index (χ3v) is 4.94. The number of benzene rings is 1. The number of carbonyl (C=O) groups excluding carboxylic acids is 2. The van der Waals surface area contributed by atoms with E-state index in [9.17, 15) is 19.5 Å². The van der Waals surface area contributed by atoms with Gasteiger partial charge in [-0.1, -0.05) is 25.1 Å². The van der Waals surface area contributed by atoms with Crippen LogP contribution in [0.15, 0.2) is 48.7 Å². The van der Waals surface area contributed by atoms with Crippen LogP contribution in [-0.4, -0.2) is 48.0 Å². The van der Waals surface area contributed by atoms with E-state index in [0.29, 0.717) is 12.1 Å². The highest BCUT2D eigenvalue weighted by atomic mass is 16.5. The second kappa shape index (κ2) is 10.5. The van der Waals surface area contributed by atoms with Crippen molar-refractivity contribution in [1.29, 1.82) is 0 Å². The van der Waals surface area contributed by atoms with Crippen LogP contribution < -0.4 is 4.90 Å². The molecule has 0 aliphatic carbocycles. The van der Waals surface area contributed by atoms with Gasteiger partial charge in [0.05, 0.1) is 17.7 Å². The maximum Gasteiger partial charge on any atom is 0.328 e. The fourth-order valence-electron chi connectivity index (χ4n) is 2.99. The number of aromatic nitrogens is 1. The van der Waals surface area contributed by atoms with Crippen LogP contribution in [0.5, 0.6) is 0 Å². The molecule has 160 valence electrons. The van der Waals surface area contributed by atoms with Crippen LogP contribution in [0, 0.1) is 5.92 Å². The zero-order chi connectivity index (χ0) is 22.3. The summed E-state index contributed by atoms with van der Waals surface area (Å²) in [6.45, 7) is 3.47. The van der Waals surface area contributed by atoms with Crippen LogP contribution in [0.3, 0.4) is 0 Å². The van der Waals surface area contributed by atoms with Crippen molar-refractivity contribution in [2.24, 2.45) is 5.92 Å². The molecule has 3 unspecified atom stereocenters. The summed E-state index contributed by atoms with van der Waals surface area (Å²) in [4.78, 5) is 43.7. The number of rotatable bonds is 10. The van der Waals surface area contributed by atoms with Crippen LogP contribution >= 0.6 is 0 Å². The first-order valence-electron chi connectivity index (χ1n) is 9.88. The van der Waals surface area contributed by atoms with Crippen LogP contribution in [-0.2, 0) is 25.5 Å². The molecule has 0 spiro atoms. The summed E-state index contributed by atoms with van der Waals surface area (Å²) in [6.07, 6.45) is 1.81. The van der Waals surface area contributed by atoms with Crippen molar-refractivity contribution in [2.75, 3.05) is 19.0 Å². The molecule has 7 nitrogen and oxygen atoms in total. The molecule has 0 aliphatic rings. The van der Waals surface area contributed by atoms with E-state index in [1.165, 1.54) is 6.20 Å². The first kappa shape index (κ1) is 23.1.